The molecule has 0 N–H and O–H groups in total. The van der Waals surface area contributed by atoms with Gasteiger partial charge in [0.15, 0.2) is 5.41 Å². The number of esters is 2. The van der Waals surface area contributed by atoms with Crippen LogP contribution in [-0.4, -0.2) is 43.9 Å². The van der Waals surface area contributed by atoms with E-state index in [0.717, 1.165) is 22.0 Å². The molecule has 3 aromatic rings. The Morgan fingerprint density at radius 2 is 1.59 bits per heavy atom. The molecule has 0 radical (unpaired) electrons. The van der Waals surface area contributed by atoms with Crippen LogP contribution in [0.25, 0.3) is 10.9 Å². The van der Waals surface area contributed by atoms with E-state index in [9.17, 15) is 9.59 Å². The van der Waals surface area contributed by atoms with Crippen molar-refractivity contribution in [2.45, 2.75) is 33.1 Å². The van der Waals surface area contributed by atoms with Crippen LogP contribution in [0.15, 0.2) is 48.7 Å². The molecule has 0 aliphatic rings. The van der Waals surface area contributed by atoms with Gasteiger partial charge < -0.3 is 23.5 Å². The molecule has 0 fully saturated rings. The molecule has 0 saturated carbocycles. The van der Waals surface area contributed by atoms with Crippen LogP contribution in [0.5, 0.6) is 11.5 Å². The lowest BCUT2D eigenvalue weighted by Gasteiger charge is -2.30. The summed E-state index contributed by atoms with van der Waals surface area (Å²) in [5.74, 6) is -0.328. The summed E-state index contributed by atoms with van der Waals surface area (Å²) < 4.78 is 23.8. The van der Waals surface area contributed by atoms with Gasteiger partial charge in [-0.2, -0.15) is 0 Å². The first-order valence-corrected chi connectivity index (χ1v) is 11.4. The summed E-state index contributed by atoms with van der Waals surface area (Å²) in [5, 5.41) is 1.03. The lowest BCUT2D eigenvalue weighted by atomic mass is 9.75. The highest BCUT2D eigenvalue weighted by Crippen LogP contribution is 2.45. The van der Waals surface area contributed by atoms with E-state index in [0.29, 0.717) is 11.5 Å². The van der Waals surface area contributed by atoms with Crippen molar-refractivity contribution < 1.29 is 28.5 Å². The molecule has 0 aliphatic heterocycles. The number of rotatable bonds is 10. The zero-order valence-electron chi connectivity index (χ0n) is 20.7. The summed E-state index contributed by atoms with van der Waals surface area (Å²) >= 11 is 0. The number of methoxy groups -OCH3 is 2. The Morgan fingerprint density at radius 3 is 2.18 bits per heavy atom. The Balaban J connectivity index is 2.25. The minimum Gasteiger partial charge on any atom is -0.497 e. The van der Waals surface area contributed by atoms with Gasteiger partial charge in [-0.05, 0) is 44.9 Å². The second-order valence-electron chi connectivity index (χ2n) is 8.35. The van der Waals surface area contributed by atoms with E-state index in [-0.39, 0.29) is 25.6 Å². The van der Waals surface area contributed by atoms with Crippen LogP contribution in [0, 0.1) is 5.41 Å². The number of benzene rings is 2. The summed E-state index contributed by atoms with van der Waals surface area (Å²) in [4.78, 5) is 26.2. The number of fused-ring (bicyclic) bond motifs is 1. The molecule has 3 rings (SSSR count). The molecule has 7 nitrogen and oxygen atoms in total. The van der Waals surface area contributed by atoms with Crippen LogP contribution >= 0.6 is 0 Å². The van der Waals surface area contributed by atoms with E-state index < -0.39 is 17.4 Å². The zero-order chi connectivity index (χ0) is 24.9. The van der Waals surface area contributed by atoms with Crippen molar-refractivity contribution in [3.05, 3.63) is 59.8 Å². The van der Waals surface area contributed by atoms with Gasteiger partial charge in [-0.15, -0.1) is 0 Å². The highest BCUT2D eigenvalue weighted by atomic mass is 16.6. The van der Waals surface area contributed by atoms with Crippen molar-refractivity contribution >= 4 is 22.8 Å². The smallest absolute Gasteiger partial charge is 0.323 e. The minimum atomic E-state index is -1.52. The second-order valence-corrected chi connectivity index (χ2v) is 8.35. The molecule has 34 heavy (non-hydrogen) atoms. The van der Waals surface area contributed by atoms with Gasteiger partial charge in [0.05, 0.1) is 27.4 Å². The number of aromatic nitrogens is 1. The third kappa shape index (κ3) is 4.74. The number of ether oxygens (including phenoxy) is 4. The number of nitrogens with zero attached hydrogens (tertiary/aromatic N) is 1. The standard InChI is InChI=1S/C27H33NO6/c1-7-33-25(29)27(3,26(30)34-8-2)16-21(20-14-13-18(31-5)15-24(20)32-6)22-17-28(4)23-12-10-9-11-19(22)23/h9-15,17,21H,7-8,16H2,1-6H3. The fraction of sp³-hybridized carbons (Fsp3) is 0.407. The molecule has 0 aliphatic carbocycles. The number of carbonyl (C=O) groups excluding carboxylic acids is 2. The van der Waals surface area contributed by atoms with E-state index in [1.165, 1.54) is 0 Å². The molecule has 0 spiro atoms. The third-order valence-electron chi connectivity index (χ3n) is 6.18. The number of carbonyl (C=O) groups is 2. The Hall–Kier alpha value is -3.48. The van der Waals surface area contributed by atoms with E-state index in [2.05, 4.69) is 0 Å². The Kier molecular flexibility index (Phi) is 7.87. The molecule has 182 valence electrons. The third-order valence-corrected chi connectivity index (χ3v) is 6.18. The number of para-hydroxylation sites is 1. The van der Waals surface area contributed by atoms with Gasteiger partial charge in [-0.25, -0.2) is 0 Å². The summed E-state index contributed by atoms with van der Waals surface area (Å²) in [5.41, 5.74) is 1.34. The van der Waals surface area contributed by atoms with Crippen molar-refractivity contribution in [1.82, 2.24) is 4.57 Å². The molecule has 1 atom stereocenters. The summed E-state index contributed by atoms with van der Waals surface area (Å²) in [6.45, 7) is 5.37. The lowest BCUT2D eigenvalue weighted by Crippen LogP contribution is -2.41. The highest BCUT2D eigenvalue weighted by molar-refractivity contribution is 6.00. The lowest BCUT2D eigenvalue weighted by molar-refractivity contribution is -0.171. The molecular formula is C27H33NO6. The molecule has 2 aromatic carbocycles. The Morgan fingerprint density at radius 1 is 0.941 bits per heavy atom. The number of aryl methyl sites for hydroxylation is 1. The van der Waals surface area contributed by atoms with Crippen LogP contribution in [0.3, 0.4) is 0 Å². The first-order chi connectivity index (χ1) is 16.3. The summed E-state index contributed by atoms with van der Waals surface area (Å²) in [6, 6.07) is 13.6. The average Bonchev–Trinajstić information content (AvgIpc) is 3.18. The molecule has 1 aromatic heterocycles. The van der Waals surface area contributed by atoms with E-state index in [4.69, 9.17) is 18.9 Å². The van der Waals surface area contributed by atoms with Crippen LogP contribution in [0.1, 0.15) is 44.2 Å². The van der Waals surface area contributed by atoms with Gasteiger partial charge in [-0.1, -0.05) is 24.3 Å². The average molecular weight is 468 g/mol. The molecule has 1 unspecified atom stereocenters. The Bertz CT molecular complexity index is 1150. The topological polar surface area (TPSA) is 76.0 Å². The van der Waals surface area contributed by atoms with Crippen LogP contribution in [-0.2, 0) is 26.1 Å². The van der Waals surface area contributed by atoms with E-state index in [1.54, 1.807) is 41.1 Å². The fourth-order valence-electron chi connectivity index (χ4n) is 4.38. The van der Waals surface area contributed by atoms with Gasteiger partial charge in [0.25, 0.3) is 0 Å². The number of hydrogen-bond acceptors (Lipinski definition) is 6. The zero-order valence-corrected chi connectivity index (χ0v) is 20.7. The maximum atomic E-state index is 13.1. The largest absolute Gasteiger partial charge is 0.497 e. The van der Waals surface area contributed by atoms with Gasteiger partial charge in [0.1, 0.15) is 11.5 Å². The highest BCUT2D eigenvalue weighted by Gasteiger charge is 2.47. The van der Waals surface area contributed by atoms with Crippen molar-refractivity contribution in [3.8, 4) is 11.5 Å². The molecular weight excluding hydrogens is 434 g/mol. The predicted octanol–water partition coefficient (Wildman–Crippen LogP) is 4.85. The van der Waals surface area contributed by atoms with Crippen molar-refractivity contribution in [3.63, 3.8) is 0 Å². The number of hydrogen-bond donors (Lipinski definition) is 0. The normalized spacial score (nSPS) is 12.3. The van der Waals surface area contributed by atoms with Gasteiger partial charge in [-0.3, -0.25) is 9.59 Å². The van der Waals surface area contributed by atoms with Crippen molar-refractivity contribution in [2.75, 3.05) is 27.4 Å². The molecule has 0 saturated heterocycles. The van der Waals surface area contributed by atoms with Gasteiger partial charge in [0, 0.05) is 41.7 Å². The molecule has 7 heteroatoms. The molecule has 1 heterocycles. The first-order valence-electron chi connectivity index (χ1n) is 11.4. The molecule has 0 amide bonds. The fourth-order valence-corrected chi connectivity index (χ4v) is 4.38. The van der Waals surface area contributed by atoms with E-state index >= 15 is 0 Å². The predicted molar refractivity (Wildman–Crippen MR) is 130 cm³/mol. The summed E-state index contributed by atoms with van der Waals surface area (Å²) in [7, 11) is 5.16. The SMILES string of the molecule is CCOC(=O)C(C)(CC(c1ccc(OC)cc1OC)c1cn(C)c2ccccc12)C(=O)OCC. The quantitative estimate of drug-likeness (QED) is 0.313. The van der Waals surface area contributed by atoms with E-state index in [1.807, 2.05) is 54.2 Å². The van der Waals surface area contributed by atoms with Crippen molar-refractivity contribution in [2.24, 2.45) is 12.5 Å². The minimum absolute atomic E-state index is 0.140. The maximum Gasteiger partial charge on any atom is 0.323 e. The van der Waals surface area contributed by atoms with Crippen LogP contribution in [0.2, 0.25) is 0 Å². The maximum absolute atomic E-state index is 13.1. The Labute approximate surface area is 200 Å². The first kappa shape index (κ1) is 25.1. The molecule has 0 bridgehead atoms. The van der Waals surface area contributed by atoms with Crippen molar-refractivity contribution in [1.29, 1.82) is 0 Å². The van der Waals surface area contributed by atoms with Gasteiger partial charge >= 0.3 is 11.9 Å². The van der Waals surface area contributed by atoms with Crippen LogP contribution in [0.4, 0.5) is 0 Å². The van der Waals surface area contributed by atoms with Gasteiger partial charge in [0.2, 0.25) is 0 Å². The second kappa shape index (κ2) is 10.6. The van der Waals surface area contributed by atoms with Crippen LogP contribution < -0.4 is 9.47 Å². The monoisotopic (exact) mass is 467 g/mol. The summed E-state index contributed by atoms with van der Waals surface area (Å²) in [6.07, 6.45) is 2.18.